The number of nitrogens with zero attached hydrogens (tertiary/aromatic N) is 5. The Morgan fingerprint density at radius 1 is 1.26 bits per heavy atom. The van der Waals surface area contributed by atoms with Gasteiger partial charge in [0.1, 0.15) is 6.33 Å². The van der Waals surface area contributed by atoms with E-state index >= 15 is 0 Å². The number of para-hydroxylation sites is 1. The summed E-state index contributed by atoms with van der Waals surface area (Å²) in [6.07, 6.45) is 3.88. The van der Waals surface area contributed by atoms with Crippen LogP contribution in [0.3, 0.4) is 0 Å². The van der Waals surface area contributed by atoms with Gasteiger partial charge in [0, 0.05) is 13.0 Å². The van der Waals surface area contributed by atoms with Gasteiger partial charge >= 0.3 is 0 Å². The lowest BCUT2D eigenvalue weighted by molar-refractivity contribution is 0.380. The molecule has 7 heteroatoms. The Hall–Kier alpha value is -2.96. The predicted octanol–water partition coefficient (Wildman–Crippen LogP) is 2.11. The van der Waals surface area contributed by atoms with E-state index in [2.05, 4.69) is 15.1 Å². The van der Waals surface area contributed by atoms with Crippen molar-refractivity contribution in [1.82, 2.24) is 24.1 Å². The molecule has 3 aromatic heterocycles. The van der Waals surface area contributed by atoms with E-state index < -0.39 is 0 Å². The molecule has 1 fully saturated rings. The largest absolute Gasteiger partial charge is 0.339 e. The van der Waals surface area contributed by atoms with Gasteiger partial charge in [0.15, 0.2) is 11.3 Å². The number of aryl methyl sites for hydroxylation is 1. The van der Waals surface area contributed by atoms with Crippen molar-refractivity contribution in [1.29, 1.82) is 0 Å². The Morgan fingerprint density at radius 2 is 2.09 bits per heavy atom. The molecule has 0 saturated heterocycles. The Kier molecular flexibility index (Phi) is 2.34. The summed E-state index contributed by atoms with van der Waals surface area (Å²) in [5.74, 6) is 1.47. The molecule has 1 aliphatic rings. The number of benzene rings is 1. The first-order chi connectivity index (χ1) is 11.2. The zero-order valence-corrected chi connectivity index (χ0v) is 12.4. The van der Waals surface area contributed by atoms with Crippen LogP contribution in [0.15, 0.2) is 39.9 Å². The fourth-order valence-electron chi connectivity index (χ4n) is 2.97. The zero-order valence-electron chi connectivity index (χ0n) is 12.4. The summed E-state index contributed by atoms with van der Waals surface area (Å²) in [5, 5.41) is 4.69. The van der Waals surface area contributed by atoms with Crippen molar-refractivity contribution in [3.63, 3.8) is 0 Å². The molecule has 0 N–H and O–H groups in total. The van der Waals surface area contributed by atoms with Crippen LogP contribution in [0.5, 0.6) is 0 Å². The van der Waals surface area contributed by atoms with E-state index in [1.54, 1.807) is 17.9 Å². The molecule has 7 nitrogen and oxygen atoms in total. The number of rotatable bonds is 2. The average molecular weight is 307 g/mol. The van der Waals surface area contributed by atoms with Crippen LogP contribution in [0.1, 0.15) is 24.7 Å². The van der Waals surface area contributed by atoms with Crippen molar-refractivity contribution in [3.8, 4) is 11.5 Å². The number of imidazole rings is 1. The molecule has 0 aliphatic heterocycles. The van der Waals surface area contributed by atoms with E-state index in [1.807, 2.05) is 28.7 Å². The molecule has 1 saturated carbocycles. The van der Waals surface area contributed by atoms with Crippen LogP contribution in [0.4, 0.5) is 0 Å². The SMILES string of the molecule is Cn1c(=O)c2ccccc2n2cnc(-c3noc(C4CC4)n3)c12. The van der Waals surface area contributed by atoms with Crippen molar-refractivity contribution in [2.45, 2.75) is 18.8 Å². The maximum absolute atomic E-state index is 12.6. The van der Waals surface area contributed by atoms with Crippen LogP contribution < -0.4 is 5.56 Å². The summed E-state index contributed by atoms with van der Waals surface area (Å²) < 4.78 is 8.79. The van der Waals surface area contributed by atoms with Crippen molar-refractivity contribution < 1.29 is 4.52 Å². The third-order valence-electron chi connectivity index (χ3n) is 4.34. The Labute approximate surface area is 130 Å². The van der Waals surface area contributed by atoms with Crippen molar-refractivity contribution in [3.05, 3.63) is 46.8 Å². The maximum Gasteiger partial charge on any atom is 0.261 e. The summed E-state index contributed by atoms with van der Waals surface area (Å²) in [5.41, 5.74) is 1.97. The number of fused-ring (bicyclic) bond motifs is 3. The zero-order chi connectivity index (χ0) is 15.6. The highest BCUT2D eigenvalue weighted by molar-refractivity contribution is 5.84. The van der Waals surface area contributed by atoms with Gasteiger partial charge < -0.3 is 4.52 Å². The van der Waals surface area contributed by atoms with Crippen molar-refractivity contribution in [2.75, 3.05) is 0 Å². The maximum atomic E-state index is 12.6. The first-order valence-electron chi connectivity index (χ1n) is 7.53. The summed E-state index contributed by atoms with van der Waals surface area (Å²) in [6.45, 7) is 0. The van der Waals surface area contributed by atoms with Gasteiger partial charge in [-0.15, -0.1) is 0 Å². The van der Waals surface area contributed by atoms with E-state index in [0.29, 0.717) is 34.4 Å². The van der Waals surface area contributed by atoms with Gasteiger partial charge in [0.25, 0.3) is 5.56 Å². The summed E-state index contributed by atoms with van der Waals surface area (Å²) in [7, 11) is 1.73. The van der Waals surface area contributed by atoms with Crippen LogP contribution in [0.2, 0.25) is 0 Å². The third-order valence-corrected chi connectivity index (χ3v) is 4.34. The minimum absolute atomic E-state index is 0.0687. The fourth-order valence-corrected chi connectivity index (χ4v) is 2.97. The highest BCUT2D eigenvalue weighted by Crippen LogP contribution is 2.39. The van der Waals surface area contributed by atoms with E-state index in [4.69, 9.17) is 4.52 Å². The minimum Gasteiger partial charge on any atom is -0.339 e. The Morgan fingerprint density at radius 3 is 2.91 bits per heavy atom. The van der Waals surface area contributed by atoms with Crippen LogP contribution in [-0.2, 0) is 7.05 Å². The lowest BCUT2D eigenvalue weighted by Gasteiger charge is -2.07. The van der Waals surface area contributed by atoms with Crippen LogP contribution in [0.25, 0.3) is 28.1 Å². The average Bonchev–Trinajstić information content (AvgIpc) is 3.14. The first kappa shape index (κ1) is 12.6. The molecule has 5 rings (SSSR count). The lowest BCUT2D eigenvalue weighted by Crippen LogP contribution is -2.19. The summed E-state index contributed by atoms with van der Waals surface area (Å²) in [4.78, 5) is 21.5. The molecule has 23 heavy (non-hydrogen) atoms. The Bertz CT molecular complexity index is 1120. The van der Waals surface area contributed by atoms with E-state index in [0.717, 1.165) is 18.4 Å². The van der Waals surface area contributed by atoms with Gasteiger partial charge in [0.05, 0.1) is 10.9 Å². The van der Waals surface area contributed by atoms with Crippen molar-refractivity contribution in [2.24, 2.45) is 7.05 Å². The fraction of sp³-hybridized carbons (Fsp3) is 0.250. The van der Waals surface area contributed by atoms with Gasteiger partial charge in [-0.1, -0.05) is 17.3 Å². The van der Waals surface area contributed by atoms with E-state index in [1.165, 1.54) is 0 Å². The number of hydrogen-bond donors (Lipinski definition) is 0. The van der Waals surface area contributed by atoms with E-state index in [-0.39, 0.29) is 5.56 Å². The second-order valence-corrected chi connectivity index (χ2v) is 5.90. The molecule has 0 spiro atoms. The van der Waals surface area contributed by atoms with Crippen LogP contribution in [-0.4, -0.2) is 24.1 Å². The monoisotopic (exact) mass is 307 g/mol. The lowest BCUT2D eigenvalue weighted by atomic mass is 10.2. The van der Waals surface area contributed by atoms with Gasteiger partial charge in [-0.2, -0.15) is 4.98 Å². The molecule has 1 aromatic carbocycles. The Balaban J connectivity index is 1.84. The molecule has 3 heterocycles. The third kappa shape index (κ3) is 1.70. The van der Waals surface area contributed by atoms with Crippen LogP contribution in [0, 0.1) is 0 Å². The molecule has 0 amide bonds. The molecule has 4 aromatic rings. The van der Waals surface area contributed by atoms with Crippen molar-refractivity contribution >= 4 is 16.6 Å². The smallest absolute Gasteiger partial charge is 0.261 e. The van der Waals surface area contributed by atoms with Gasteiger partial charge in [0.2, 0.25) is 11.7 Å². The highest BCUT2D eigenvalue weighted by Gasteiger charge is 2.30. The number of hydrogen-bond acceptors (Lipinski definition) is 5. The molecule has 1 aliphatic carbocycles. The standard InChI is InChI=1S/C16H13N5O2/c1-20-15-12(13-18-14(23-19-13)9-6-7-9)17-8-21(15)11-5-3-2-4-10(11)16(20)22/h2-5,8-9H,6-7H2,1H3. The molecule has 114 valence electrons. The van der Waals surface area contributed by atoms with Crippen LogP contribution >= 0.6 is 0 Å². The quantitative estimate of drug-likeness (QED) is 0.567. The van der Waals surface area contributed by atoms with Gasteiger partial charge in [-0.25, -0.2) is 4.98 Å². The first-order valence-corrected chi connectivity index (χ1v) is 7.53. The topological polar surface area (TPSA) is 78.2 Å². The van der Waals surface area contributed by atoms with E-state index in [9.17, 15) is 4.79 Å². The number of aromatic nitrogens is 5. The molecule has 0 atom stereocenters. The highest BCUT2D eigenvalue weighted by atomic mass is 16.5. The molecule has 0 radical (unpaired) electrons. The second kappa shape index (κ2) is 4.28. The molecule has 0 unspecified atom stereocenters. The predicted molar refractivity (Wildman–Crippen MR) is 83.2 cm³/mol. The summed E-state index contributed by atoms with van der Waals surface area (Å²) in [6, 6.07) is 7.48. The minimum atomic E-state index is -0.0687. The normalized spacial score (nSPS) is 14.8. The molecular formula is C16H13N5O2. The molecule has 0 bridgehead atoms. The molecular weight excluding hydrogens is 294 g/mol. The summed E-state index contributed by atoms with van der Waals surface area (Å²) >= 11 is 0. The second-order valence-electron chi connectivity index (χ2n) is 5.90. The van der Waals surface area contributed by atoms with Gasteiger partial charge in [-0.05, 0) is 25.0 Å². The van der Waals surface area contributed by atoms with Gasteiger partial charge in [-0.3, -0.25) is 13.8 Å².